The van der Waals surface area contributed by atoms with E-state index < -0.39 is 35.2 Å². The maximum absolute atomic E-state index is 12.6. The van der Waals surface area contributed by atoms with E-state index in [9.17, 15) is 39.5 Å². The molecule has 3 aromatic carbocycles. The van der Waals surface area contributed by atoms with Gasteiger partial charge in [0.25, 0.3) is 0 Å². The van der Waals surface area contributed by atoms with Crippen LogP contribution in [0.4, 0.5) is 56.6 Å². The number of benzene rings is 3. The van der Waals surface area contributed by atoms with E-state index in [0.29, 0.717) is 14.6 Å². The molecule has 0 spiro atoms. The number of alkyl halides is 9. The molecular weight excluding hydrogens is 992 g/mol. The molecule has 5 aromatic rings. The first-order valence-electron chi connectivity index (χ1n) is 12.9. The molecule has 0 saturated carbocycles. The molecule has 51 heavy (non-hydrogen) atoms. The maximum atomic E-state index is 12.6. The third-order valence-corrected chi connectivity index (χ3v) is 6.32. The van der Waals surface area contributed by atoms with Crippen molar-refractivity contribution >= 4 is 69.3 Å². The molecule has 0 aliphatic rings. The molecule has 2 aromatic heterocycles. The van der Waals surface area contributed by atoms with E-state index in [1.165, 1.54) is 29.1 Å². The van der Waals surface area contributed by atoms with Crippen molar-refractivity contribution in [2.45, 2.75) is 47.2 Å². The van der Waals surface area contributed by atoms with Crippen molar-refractivity contribution in [3.63, 3.8) is 0 Å². The number of aromatic nitrogens is 4. The third-order valence-electron chi connectivity index (χ3n) is 5.41. The van der Waals surface area contributed by atoms with Crippen LogP contribution in [0.15, 0.2) is 88.6 Å². The number of nitrogens with one attached hydrogen (secondary N) is 1. The van der Waals surface area contributed by atoms with Crippen molar-refractivity contribution < 1.29 is 52.3 Å². The van der Waals surface area contributed by atoms with Gasteiger partial charge in [-0.3, -0.25) is 0 Å². The summed E-state index contributed by atoms with van der Waals surface area (Å²) >= 11 is 11.7. The van der Waals surface area contributed by atoms with Gasteiger partial charge in [0.2, 0.25) is 0 Å². The Morgan fingerprint density at radius 1 is 0.667 bits per heavy atom. The predicted octanol–water partition coefficient (Wildman–Crippen LogP) is 11.8. The molecule has 0 radical (unpaired) electrons. The first-order valence-corrected chi connectivity index (χ1v) is 17.5. The Morgan fingerprint density at radius 3 is 1.33 bits per heavy atom. The standard InChI is InChI=1S/C11H10F3N3.2C7H5BrF3N.C4H6N2.2CH4.Cu.HI/c1-7-5-17(6-16-7)10-3-8(11(12,13)14)2-9(15)4-10;2*8-5-1-4(7(9,10)11)2-6(12)3-5;1-4-2-5-3-6-4;;;;/h2-6H,15H2,1H3;2*1-3H,12H2;2-3H,1H3,(H,5,6);2*1H4;;1H/q;;;;;;+1;/p-1. The summed E-state index contributed by atoms with van der Waals surface area (Å²) in [6.07, 6.45) is -6.55. The molecule has 0 unspecified atom stereocenters. The number of aryl methyl sites for hydroxylation is 2. The Hall–Kier alpha value is -2.94. The fraction of sp³-hybridized carbons (Fsp3) is 0.226. The summed E-state index contributed by atoms with van der Waals surface area (Å²) in [6, 6.07) is 9.99. The second kappa shape index (κ2) is 22.2. The van der Waals surface area contributed by atoms with Gasteiger partial charge >= 0.3 is 51.6 Å². The van der Waals surface area contributed by atoms with Crippen LogP contribution >= 0.6 is 52.2 Å². The van der Waals surface area contributed by atoms with Gasteiger partial charge in [-0.2, -0.15) is 39.5 Å². The fourth-order valence-corrected chi connectivity index (χ4v) is 4.41. The van der Waals surface area contributed by atoms with E-state index in [1.54, 1.807) is 46.0 Å². The number of nitrogens with zero attached hydrogens (tertiary/aromatic N) is 3. The van der Waals surface area contributed by atoms with Crippen LogP contribution in [0.3, 0.4) is 0 Å². The van der Waals surface area contributed by atoms with Gasteiger partial charge in [0, 0.05) is 49.8 Å². The van der Waals surface area contributed by atoms with E-state index in [0.717, 1.165) is 47.8 Å². The second-order valence-electron chi connectivity index (χ2n) is 9.51. The van der Waals surface area contributed by atoms with Gasteiger partial charge in [-0.05, 0) is 68.4 Å². The first-order chi connectivity index (χ1) is 22.5. The summed E-state index contributed by atoms with van der Waals surface area (Å²) in [4.78, 5) is 10.6. The zero-order valence-electron chi connectivity index (χ0n) is 24.9. The molecule has 2 heterocycles. The molecule has 0 amide bonds. The van der Waals surface area contributed by atoms with Crippen LogP contribution in [0, 0.1) is 13.8 Å². The second-order valence-corrected chi connectivity index (χ2v) is 11.3. The number of aromatic amines is 1. The number of hydrogen-bond acceptors (Lipinski definition) is 5. The van der Waals surface area contributed by atoms with Gasteiger partial charge in [-0.1, -0.05) is 46.7 Å². The number of hydrogen-bond donors (Lipinski definition) is 4. The number of nitrogen functional groups attached to an aromatic ring is 3. The van der Waals surface area contributed by atoms with Crippen LogP contribution in [-0.2, 0) is 31.3 Å². The Kier molecular flexibility index (Phi) is 21.8. The number of anilines is 3. The molecule has 288 valence electrons. The minimum absolute atomic E-state index is 0. The van der Waals surface area contributed by atoms with Crippen molar-refractivity contribution in [3.8, 4) is 5.69 Å². The minimum atomic E-state index is -4.40. The van der Waals surface area contributed by atoms with Gasteiger partial charge in [0.1, 0.15) is 0 Å². The normalized spacial score (nSPS) is 10.6. The molecule has 0 atom stereocenters. The van der Waals surface area contributed by atoms with Crippen LogP contribution in [0.25, 0.3) is 5.69 Å². The predicted molar refractivity (Wildman–Crippen MR) is 196 cm³/mol. The molecule has 0 aliphatic heterocycles. The van der Waals surface area contributed by atoms with E-state index in [2.05, 4.69) is 59.6 Å². The monoisotopic (exact) mass is 1020 g/mol. The molecule has 7 nitrogen and oxygen atoms in total. The van der Waals surface area contributed by atoms with E-state index in [-0.39, 0.29) is 31.9 Å². The number of halogens is 12. The summed E-state index contributed by atoms with van der Waals surface area (Å²) in [5, 5.41) is 0. The zero-order chi connectivity index (χ0) is 37.7. The van der Waals surface area contributed by atoms with Crippen LogP contribution in [-0.4, -0.2) is 19.5 Å². The molecule has 7 N–H and O–H groups in total. The summed E-state index contributed by atoms with van der Waals surface area (Å²) in [5.41, 5.74) is 16.1. The third kappa shape index (κ3) is 18.9. The average molecular weight is 1030 g/mol. The van der Waals surface area contributed by atoms with Crippen LogP contribution < -0.4 is 17.2 Å². The first kappa shape index (κ1) is 50.2. The van der Waals surface area contributed by atoms with Crippen molar-refractivity contribution in [3.05, 3.63) is 117 Å². The van der Waals surface area contributed by atoms with Gasteiger partial charge in [0.15, 0.2) is 0 Å². The van der Waals surface area contributed by atoms with Gasteiger partial charge in [0.05, 0.1) is 35.0 Å². The Morgan fingerprint density at radius 2 is 1.06 bits per heavy atom. The Bertz CT molecular complexity index is 1650. The number of H-pyrrole nitrogens is 1. The summed E-state index contributed by atoms with van der Waals surface area (Å²) in [6.45, 7) is 3.72. The molecule has 0 fully saturated rings. The zero-order valence-corrected chi connectivity index (χ0v) is 31.2. The summed E-state index contributed by atoms with van der Waals surface area (Å²) in [5.74, 6) is 0. The fourth-order valence-electron chi connectivity index (χ4n) is 3.39. The van der Waals surface area contributed by atoms with Gasteiger partial charge < -0.3 is 26.8 Å². The molecule has 5 rings (SSSR count). The van der Waals surface area contributed by atoms with Gasteiger partial charge in [-0.25, -0.2) is 9.97 Å². The number of rotatable bonds is 1. The van der Waals surface area contributed by atoms with E-state index in [1.807, 2.05) is 6.92 Å². The molecular formula is C31H34Br2CuF9IN7. The SMILES string of the molecule is C.C.Cc1cn(-c2cc(N)cc(C(F)(F)F)c2)cn1.Cc1cnc[nH]1.Nc1cc(Br)cc(C(F)(F)F)c1.Nc1cc(Br)cc(C(F)(F)F)c1.[Cu][I]. The molecule has 0 aliphatic carbocycles. The van der Waals surface area contributed by atoms with Crippen molar-refractivity contribution in [1.82, 2.24) is 19.5 Å². The van der Waals surface area contributed by atoms with Crippen LogP contribution in [0.1, 0.15) is 42.9 Å². The van der Waals surface area contributed by atoms with Crippen LogP contribution in [0.5, 0.6) is 0 Å². The van der Waals surface area contributed by atoms with Crippen molar-refractivity contribution in [2.24, 2.45) is 0 Å². The topological polar surface area (TPSA) is 125 Å². The average Bonchev–Trinajstić information content (AvgIpc) is 3.63. The molecule has 20 heteroatoms. The van der Waals surface area contributed by atoms with Crippen LogP contribution in [0.2, 0.25) is 0 Å². The van der Waals surface area contributed by atoms with E-state index >= 15 is 0 Å². The van der Waals surface area contributed by atoms with Crippen molar-refractivity contribution in [2.75, 3.05) is 17.2 Å². The molecule has 0 saturated heterocycles. The quantitative estimate of drug-likeness (QED) is 0.0576. The summed E-state index contributed by atoms with van der Waals surface area (Å²) in [7, 11) is 0. The summed E-state index contributed by atoms with van der Waals surface area (Å²) < 4.78 is 112. The van der Waals surface area contributed by atoms with Gasteiger partial charge in [-0.15, -0.1) is 0 Å². The van der Waals surface area contributed by atoms with E-state index in [4.69, 9.17) is 17.2 Å². The van der Waals surface area contributed by atoms with Crippen molar-refractivity contribution in [1.29, 1.82) is 0 Å². The Labute approximate surface area is 325 Å². The number of nitrogens with two attached hydrogens (primary N) is 3. The number of imidazole rings is 2. The molecule has 0 bridgehead atoms. The Balaban J connectivity index is 0.